The van der Waals surface area contributed by atoms with Gasteiger partial charge in [0.2, 0.25) is 5.76 Å². The third-order valence-corrected chi connectivity index (χ3v) is 2.94. The van der Waals surface area contributed by atoms with E-state index in [-0.39, 0.29) is 23.7 Å². The van der Waals surface area contributed by atoms with Crippen molar-refractivity contribution >= 4 is 23.5 Å². The van der Waals surface area contributed by atoms with Gasteiger partial charge in [-0.3, -0.25) is 4.79 Å². The quantitative estimate of drug-likeness (QED) is 0.856. The standard InChI is InChI=1S/C14H12ClNO5/c1-19-14(18)12-8(4-5-20-12)7-21-11-3-2-9(15)6-10(11)13(16)17/h2-6H,7H2,1H3,(H2,16,17). The highest BCUT2D eigenvalue weighted by Crippen LogP contribution is 2.24. The molecular formula is C14H12ClNO5. The highest BCUT2D eigenvalue weighted by molar-refractivity contribution is 6.31. The van der Waals surface area contributed by atoms with E-state index in [1.807, 2.05) is 0 Å². The van der Waals surface area contributed by atoms with Crippen molar-refractivity contribution in [3.05, 3.63) is 52.4 Å². The molecule has 1 aromatic heterocycles. The van der Waals surface area contributed by atoms with E-state index in [1.165, 1.54) is 25.5 Å². The molecule has 2 rings (SSSR count). The minimum Gasteiger partial charge on any atom is -0.488 e. The van der Waals surface area contributed by atoms with E-state index in [1.54, 1.807) is 12.1 Å². The number of methoxy groups -OCH3 is 1. The van der Waals surface area contributed by atoms with Gasteiger partial charge in [0.1, 0.15) is 12.4 Å². The Labute approximate surface area is 125 Å². The van der Waals surface area contributed by atoms with E-state index in [9.17, 15) is 9.59 Å². The predicted molar refractivity (Wildman–Crippen MR) is 74.3 cm³/mol. The number of hydrogen-bond acceptors (Lipinski definition) is 5. The van der Waals surface area contributed by atoms with Crippen molar-refractivity contribution < 1.29 is 23.5 Å². The van der Waals surface area contributed by atoms with Crippen molar-refractivity contribution in [2.24, 2.45) is 5.73 Å². The van der Waals surface area contributed by atoms with E-state index in [0.717, 1.165) is 0 Å². The minimum atomic E-state index is -0.659. The second kappa shape index (κ2) is 6.32. The first-order valence-corrected chi connectivity index (χ1v) is 6.27. The number of furan rings is 1. The molecule has 0 atom stereocenters. The lowest BCUT2D eigenvalue weighted by Crippen LogP contribution is -2.13. The molecule has 0 aliphatic rings. The summed E-state index contributed by atoms with van der Waals surface area (Å²) in [6.07, 6.45) is 1.35. The minimum absolute atomic E-state index is 0.0167. The number of amides is 1. The number of nitrogens with two attached hydrogens (primary N) is 1. The van der Waals surface area contributed by atoms with Gasteiger partial charge < -0.3 is 19.6 Å². The van der Waals surface area contributed by atoms with Gasteiger partial charge in [0.05, 0.1) is 18.9 Å². The third-order valence-electron chi connectivity index (χ3n) is 2.71. The maximum absolute atomic E-state index is 11.5. The van der Waals surface area contributed by atoms with Crippen molar-refractivity contribution in [2.45, 2.75) is 6.61 Å². The molecule has 2 N–H and O–H groups in total. The normalized spacial score (nSPS) is 10.2. The zero-order valence-corrected chi connectivity index (χ0v) is 11.8. The third kappa shape index (κ3) is 3.35. The topological polar surface area (TPSA) is 91.8 Å². The molecule has 0 unspecified atom stereocenters. The zero-order chi connectivity index (χ0) is 15.4. The smallest absolute Gasteiger partial charge is 0.374 e. The number of carbonyl (C=O) groups excluding carboxylic acids is 2. The molecule has 0 saturated carbocycles. The first-order valence-electron chi connectivity index (χ1n) is 5.89. The highest BCUT2D eigenvalue weighted by Gasteiger charge is 2.17. The summed E-state index contributed by atoms with van der Waals surface area (Å²) in [5.74, 6) is -0.950. The summed E-state index contributed by atoms with van der Waals surface area (Å²) in [5, 5.41) is 0.370. The molecule has 0 fully saturated rings. The maximum Gasteiger partial charge on any atom is 0.374 e. The van der Waals surface area contributed by atoms with Gasteiger partial charge in [-0.15, -0.1) is 0 Å². The molecule has 2 aromatic rings. The number of esters is 1. The fourth-order valence-electron chi connectivity index (χ4n) is 1.70. The van der Waals surface area contributed by atoms with Crippen LogP contribution in [0.4, 0.5) is 0 Å². The highest BCUT2D eigenvalue weighted by atomic mass is 35.5. The lowest BCUT2D eigenvalue weighted by Gasteiger charge is -2.09. The van der Waals surface area contributed by atoms with Gasteiger partial charge in [-0.2, -0.15) is 0 Å². The molecule has 1 heterocycles. The molecule has 0 radical (unpaired) electrons. The predicted octanol–water partition coefficient (Wildman–Crippen LogP) is 2.40. The molecule has 0 saturated heterocycles. The van der Waals surface area contributed by atoms with Crippen LogP contribution in [0.5, 0.6) is 5.75 Å². The maximum atomic E-state index is 11.5. The number of ether oxygens (including phenoxy) is 2. The number of carbonyl (C=O) groups is 2. The van der Waals surface area contributed by atoms with Crippen LogP contribution in [0.3, 0.4) is 0 Å². The lowest BCUT2D eigenvalue weighted by atomic mass is 10.2. The Balaban J connectivity index is 2.19. The van der Waals surface area contributed by atoms with Crippen LogP contribution in [-0.2, 0) is 11.3 Å². The van der Waals surface area contributed by atoms with Crippen molar-refractivity contribution in [2.75, 3.05) is 7.11 Å². The van der Waals surface area contributed by atoms with Gasteiger partial charge in [0, 0.05) is 10.6 Å². The largest absolute Gasteiger partial charge is 0.488 e. The van der Waals surface area contributed by atoms with E-state index >= 15 is 0 Å². The molecule has 0 aliphatic heterocycles. The summed E-state index contributed by atoms with van der Waals surface area (Å²) < 4.78 is 15.1. The van der Waals surface area contributed by atoms with Crippen molar-refractivity contribution in [1.82, 2.24) is 0 Å². The van der Waals surface area contributed by atoms with Gasteiger partial charge in [0.15, 0.2) is 0 Å². The van der Waals surface area contributed by atoms with E-state index in [2.05, 4.69) is 4.74 Å². The van der Waals surface area contributed by atoms with Crippen LogP contribution in [0.2, 0.25) is 5.02 Å². The van der Waals surface area contributed by atoms with Crippen LogP contribution in [0.15, 0.2) is 34.9 Å². The summed E-state index contributed by atoms with van der Waals surface area (Å²) >= 11 is 5.81. The summed E-state index contributed by atoms with van der Waals surface area (Å²) in [7, 11) is 1.25. The van der Waals surface area contributed by atoms with Gasteiger partial charge in [-0.25, -0.2) is 4.79 Å². The molecule has 0 spiro atoms. The van der Waals surface area contributed by atoms with Crippen molar-refractivity contribution in [3.63, 3.8) is 0 Å². The summed E-state index contributed by atoms with van der Waals surface area (Å²) in [6.45, 7) is 0.0167. The summed E-state index contributed by atoms with van der Waals surface area (Å²) in [4.78, 5) is 22.8. The number of benzene rings is 1. The Bertz CT molecular complexity index is 680. The number of primary amides is 1. The Morgan fingerprint density at radius 3 is 2.76 bits per heavy atom. The molecule has 1 amide bonds. The molecule has 7 heteroatoms. The van der Waals surface area contributed by atoms with Gasteiger partial charge in [-0.1, -0.05) is 11.6 Å². The average molecular weight is 310 g/mol. The Morgan fingerprint density at radius 2 is 2.10 bits per heavy atom. The Kier molecular flexibility index (Phi) is 4.49. The van der Waals surface area contributed by atoms with Crippen LogP contribution < -0.4 is 10.5 Å². The molecular weight excluding hydrogens is 298 g/mol. The first kappa shape index (κ1) is 14.9. The molecule has 0 aliphatic carbocycles. The van der Waals surface area contributed by atoms with Crippen LogP contribution in [0.1, 0.15) is 26.5 Å². The summed E-state index contributed by atoms with van der Waals surface area (Å²) in [5.41, 5.74) is 5.91. The monoisotopic (exact) mass is 309 g/mol. The van der Waals surface area contributed by atoms with Crippen LogP contribution >= 0.6 is 11.6 Å². The van der Waals surface area contributed by atoms with Crippen LogP contribution in [-0.4, -0.2) is 19.0 Å². The molecule has 21 heavy (non-hydrogen) atoms. The molecule has 110 valence electrons. The average Bonchev–Trinajstić information content (AvgIpc) is 2.93. The van der Waals surface area contributed by atoms with Gasteiger partial charge in [0.25, 0.3) is 5.91 Å². The van der Waals surface area contributed by atoms with Crippen LogP contribution in [0.25, 0.3) is 0 Å². The number of halogens is 1. The molecule has 0 bridgehead atoms. The Morgan fingerprint density at radius 1 is 1.33 bits per heavy atom. The van der Waals surface area contributed by atoms with E-state index in [4.69, 9.17) is 26.5 Å². The fourth-order valence-corrected chi connectivity index (χ4v) is 1.87. The van der Waals surface area contributed by atoms with Crippen LogP contribution in [0, 0.1) is 0 Å². The fraction of sp³-hybridized carbons (Fsp3) is 0.143. The molecule has 1 aromatic carbocycles. The zero-order valence-electron chi connectivity index (χ0n) is 11.1. The molecule has 6 nitrogen and oxygen atoms in total. The Hall–Kier alpha value is -2.47. The second-order valence-electron chi connectivity index (χ2n) is 4.06. The SMILES string of the molecule is COC(=O)c1occc1COc1ccc(Cl)cc1C(N)=O. The lowest BCUT2D eigenvalue weighted by molar-refractivity contribution is 0.0561. The van der Waals surface area contributed by atoms with E-state index < -0.39 is 11.9 Å². The summed E-state index contributed by atoms with van der Waals surface area (Å²) in [6, 6.07) is 6.09. The van der Waals surface area contributed by atoms with E-state index in [0.29, 0.717) is 10.6 Å². The van der Waals surface area contributed by atoms with Gasteiger partial charge in [-0.05, 0) is 24.3 Å². The number of hydrogen-bond donors (Lipinski definition) is 1. The second-order valence-corrected chi connectivity index (χ2v) is 4.50. The van der Waals surface area contributed by atoms with Crippen molar-refractivity contribution in [3.8, 4) is 5.75 Å². The van der Waals surface area contributed by atoms with Gasteiger partial charge >= 0.3 is 5.97 Å². The number of rotatable bonds is 5. The first-order chi connectivity index (χ1) is 10.0. The van der Waals surface area contributed by atoms with Crippen molar-refractivity contribution in [1.29, 1.82) is 0 Å².